The molecule has 4 unspecified atom stereocenters. The molecule has 0 aromatic carbocycles. The summed E-state index contributed by atoms with van der Waals surface area (Å²) in [5, 5.41) is 0. The van der Waals surface area contributed by atoms with E-state index < -0.39 is 0 Å². The maximum atomic E-state index is 6.12. The van der Waals surface area contributed by atoms with Gasteiger partial charge < -0.3 is 14.9 Å². The van der Waals surface area contributed by atoms with Crippen LogP contribution in [0.5, 0.6) is 0 Å². The van der Waals surface area contributed by atoms with Crippen LogP contribution in [0.15, 0.2) is 16.5 Å². The van der Waals surface area contributed by atoms with E-state index in [0.717, 1.165) is 43.6 Å². The molecular formula is C17H28N2O2. The van der Waals surface area contributed by atoms with E-state index in [4.69, 9.17) is 14.9 Å². The molecule has 1 saturated heterocycles. The van der Waals surface area contributed by atoms with Gasteiger partial charge in [-0.1, -0.05) is 6.92 Å². The normalized spacial score (nSPS) is 31.3. The molecule has 2 N–H and O–H groups in total. The molecule has 1 aliphatic heterocycles. The lowest BCUT2D eigenvalue weighted by atomic mass is 10.0. The lowest BCUT2D eigenvalue weighted by Crippen LogP contribution is -2.43. The molecule has 2 aliphatic rings. The molecule has 1 saturated carbocycles. The number of nitrogens with two attached hydrogens (primary N) is 1. The van der Waals surface area contributed by atoms with E-state index in [1.807, 2.05) is 0 Å². The summed E-state index contributed by atoms with van der Waals surface area (Å²) in [6, 6.07) is 4.47. The molecule has 0 amide bonds. The van der Waals surface area contributed by atoms with Crippen LogP contribution in [0.2, 0.25) is 0 Å². The van der Waals surface area contributed by atoms with Crippen molar-refractivity contribution >= 4 is 0 Å². The van der Waals surface area contributed by atoms with Gasteiger partial charge in [0, 0.05) is 25.6 Å². The van der Waals surface area contributed by atoms with Crippen molar-refractivity contribution in [1.29, 1.82) is 0 Å². The summed E-state index contributed by atoms with van der Waals surface area (Å²) in [6.07, 6.45) is 3.94. The van der Waals surface area contributed by atoms with Crippen molar-refractivity contribution in [3.63, 3.8) is 0 Å². The Balaban J connectivity index is 1.67. The fourth-order valence-corrected chi connectivity index (χ4v) is 3.53. The Hall–Kier alpha value is -0.840. The van der Waals surface area contributed by atoms with Gasteiger partial charge in [-0.3, -0.25) is 4.90 Å². The first-order chi connectivity index (χ1) is 10.2. The smallest absolute Gasteiger partial charge is 0.122 e. The second-order valence-electron chi connectivity index (χ2n) is 6.53. The molecular weight excluding hydrogens is 264 g/mol. The van der Waals surface area contributed by atoms with Crippen LogP contribution in [0.3, 0.4) is 0 Å². The zero-order chi connectivity index (χ0) is 14.8. The quantitative estimate of drug-likeness (QED) is 0.876. The highest BCUT2D eigenvalue weighted by atomic mass is 16.5. The highest BCUT2D eigenvalue weighted by Gasteiger charge is 2.37. The van der Waals surface area contributed by atoms with Crippen LogP contribution < -0.4 is 5.73 Å². The topological polar surface area (TPSA) is 51.6 Å². The first-order valence-corrected chi connectivity index (χ1v) is 8.38. The Morgan fingerprint density at radius 2 is 2.29 bits per heavy atom. The van der Waals surface area contributed by atoms with E-state index >= 15 is 0 Å². The Morgan fingerprint density at radius 1 is 1.48 bits per heavy atom. The summed E-state index contributed by atoms with van der Waals surface area (Å²) in [6.45, 7) is 7.79. The van der Waals surface area contributed by atoms with Gasteiger partial charge in [-0.25, -0.2) is 0 Å². The summed E-state index contributed by atoms with van der Waals surface area (Å²) in [5.41, 5.74) is 6.04. The lowest BCUT2D eigenvalue weighted by Gasteiger charge is -2.36. The number of hydrogen-bond acceptors (Lipinski definition) is 4. The highest BCUT2D eigenvalue weighted by molar-refractivity contribution is 5.19. The number of nitrogens with zero attached hydrogens (tertiary/aromatic N) is 1. The van der Waals surface area contributed by atoms with Gasteiger partial charge in [0.05, 0.1) is 12.1 Å². The average Bonchev–Trinajstić information content (AvgIpc) is 3.02. The number of ether oxygens (including phenoxy) is 1. The molecule has 1 aliphatic carbocycles. The summed E-state index contributed by atoms with van der Waals surface area (Å²) < 4.78 is 11.9. The molecule has 21 heavy (non-hydrogen) atoms. The molecule has 3 rings (SSSR count). The maximum absolute atomic E-state index is 6.12. The third-order valence-electron chi connectivity index (χ3n) is 4.93. The van der Waals surface area contributed by atoms with Gasteiger partial charge in [-0.05, 0) is 50.8 Å². The predicted molar refractivity (Wildman–Crippen MR) is 83.2 cm³/mol. The van der Waals surface area contributed by atoms with E-state index in [9.17, 15) is 0 Å². The number of likely N-dealkylation sites (tertiary alicyclic amines) is 1. The average molecular weight is 292 g/mol. The Bertz CT molecular complexity index is 457. The van der Waals surface area contributed by atoms with E-state index in [-0.39, 0.29) is 6.04 Å². The van der Waals surface area contributed by atoms with Crippen LogP contribution in [0, 0.1) is 5.92 Å². The highest BCUT2D eigenvalue weighted by Crippen LogP contribution is 2.47. The molecule has 2 fully saturated rings. The van der Waals surface area contributed by atoms with E-state index in [1.165, 1.54) is 12.8 Å². The summed E-state index contributed by atoms with van der Waals surface area (Å²) in [4.78, 5) is 2.43. The molecule has 4 atom stereocenters. The fraction of sp³-hybridized carbons (Fsp3) is 0.765. The largest absolute Gasteiger partial charge is 0.464 e. The molecule has 0 bridgehead atoms. The van der Waals surface area contributed by atoms with Crippen LogP contribution in [0.25, 0.3) is 0 Å². The van der Waals surface area contributed by atoms with E-state index in [1.54, 1.807) is 0 Å². The summed E-state index contributed by atoms with van der Waals surface area (Å²) >= 11 is 0. The molecule has 1 aromatic heterocycles. The second-order valence-corrected chi connectivity index (χ2v) is 6.53. The standard InChI is InChI=1S/C17H28N2O2/c1-3-20-13-5-4-8-19(11-13)15(10-18)17-7-6-16(21-17)14-9-12(14)2/h6-7,12-15H,3-5,8-11,18H2,1-2H3. The molecule has 2 heterocycles. The zero-order valence-corrected chi connectivity index (χ0v) is 13.3. The fourth-order valence-electron chi connectivity index (χ4n) is 3.53. The van der Waals surface area contributed by atoms with Crippen molar-refractivity contribution in [3.05, 3.63) is 23.7 Å². The minimum Gasteiger partial charge on any atom is -0.464 e. The predicted octanol–water partition coefficient (Wildman–Crippen LogP) is 2.90. The minimum atomic E-state index is 0.191. The molecule has 1 aromatic rings. The van der Waals surface area contributed by atoms with Gasteiger partial charge in [-0.15, -0.1) is 0 Å². The van der Waals surface area contributed by atoms with Gasteiger partial charge in [-0.2, -0.15) is 0 Å². The van der Waals surface area contributed by atoms with E-state index in [2.05, 4.69) is 30.9 Å². The van der Waals surface area contributed by atoms with Crippen molar-refractivity contribution in [2.24, 2.45) is 11.7 Å². The maximum Gasteiger partial charge on any atom is 0.122 e. The SMILES string of the molecule is CCOC1CCCN(C(CN)c2ccc(C3CC3C)o2)C1. The molecule has 118 valence electrons. The van der Waals surface area contributed by atoms with Crippen molar-refractivity contribution in [2.75, 3.05) is 26.2 Å². The Labute approximate surface area is 127 Å². The molecule has 0 spiro atoms. The van der Waals surface area contributed by atoms with Gasteiger partial charge in [0.1, 0.15) is 11.5 Å². The van der Waals surface area contributed by atoms with Crippen LogP contribution >= 0.6 is 0 Å². The molecule has 0 radical (unpaired) electrons. The van der Waals surface area contributed by atoms with Crippen molar-refractivity contribution in [3.8, 4) is 0 Å². The lowest BCUT2D eigenvalue weighted by molar-refractivity contribution is -0.00938. The molecule has 4 heteroatoms. The van der Waals surface area contributed by atoms with E-state index in [0.29, 0.717) is 18.6 Å². The second kappa shape index (κ2) is 6.51. The first-order valence-electron chi connectivity index (χ1n) is 8.38. The third kappa shape index (κ3) is 3.33. The van der Waals surface area contributed by atoms with Crippen LogP contribution in [0.1, 0.15) is 56.6 Å². The Morgan fingerprint density at radius 3 is 2.95 bits per heavy atom. The summed E-state index contributed by atoms with van der Waals surface area (Å²) in [7, 11) is 0. The first kappa shape index (κ1) is 15.1. The van der Waals surface area contributed by atoms with Gasteiger partial charge in [0.25, 0.3) is 0 Å². The van der Waals surface area contributed by atoms with Crippen LogP contribution in [-0.4, -0.2) is 37.2 Å². The van der Waals surface area contributed by atoms with Gasteiger partial charge in [0.2, 0.25) is 0 Å². The Kier molecular flexibility index (Phi) is 4.67. The van der Waals surface area contributed by atoms with Crippen molar-refractivity contribution in [2.45, 2.75) is 51.2 Å². The van der Waals surface area contributed by atoms with Crippen molar-refractivity contribution in [1.82, 2.24) is 4.90 Å². The van der Waals surface area contributed by atoms with Gasteiger partial charge >= 0.3 is 0 Å². The number of rotatable bonds is 6. The molecule has 4 nitrogen and oxygen atoms in total. The zero-order valence-electron chi connectivity index (χ0n) is 13.3. The summed E-state index contributed by atoms with van der Waals surface area (Å²) in [5.74, 6) is 3.59. The van der Waals surface area contributed by atoms with Crippen molar-refractivity contribution < 1.29 is 9.15 Å². The number of piperidine rings is 1. The third-order valence-corrected chi connectivity index (χ3v) is 4.93. The number of furan rings is 1. The minimum absolute atomic E-state index is 0.191. The van der Waals surface area contributed by atoms with Crippen LogP contribution in [-0.2, 0) is 4.74 Å². The monoisotopic (exact) mass is 292 g/mol. The number of hydrogen-bond donors (Lipinski definition) is 1. The van der Waals surface area contributed by atoms with Gasteiger partial charge in [0.15, 0.2) is 0 Å². The van der Waals surface area contributed by atoms with Crippen LogP contribution in [0.4, 0.5) is 0 Å².